The van der Waals surface area contributed by atoms with Gasteiger partial charge in [0.1, 0.15) is 0 Å². The molecule has 4 nitrogen and oxygen atoms in total. The first-order chi connectivity index (χ1) is 8.59. The Balaban J connectivity index is 1.96. The number of rotatable bonds is 3. The Labute approximate surface area is 106 Å². The van der Waals surface area contributed by atoms with Crippen LogP contribution < -0.4 is 0 Å². The molecule has 0 bridgehead atoms. The van der Waals surface area contributed by atoms with E-state index in [1.807, 2.05) is 36.5 Å². The lowest BCUT2D eigenvalue weighted by Crippen LogP contribution is -2.19. The molecular weight excluding hydrogens is 226 g/mol. The number of para-hydroxylation sites is 1. The number of aliphatic hydroxyl groups excluding tert-OH is 1. The van der Waals surface area contributed by atoms with Gasteiger partial charge < -0.3 is 5.11 Å². The van der Waals surface area contributed by atoms with Crippen LogP contribution in [0.5, 0.6) is 0 Å². The molecule has 1 aromatic carbocycles. The van der Waals surface area contributed by atoms with Gasteiger partial charge in [0, 0.05) is 5.41 Å². The molecule has 1 atom stereocenters. The topological polar surface area (TPSA) is 50.9 Å². The monoisotopic (exact) mass is 243 g/mol. The third kappa shape index (κ3) is 1.49. The second-order valence-corrected chi connectivity index (χ2v) is 5.68. The van der Waals surface area contributed by atoms with E-state index in [9.17, 15) is 5.11 Å². The zero-order chi connectivity index (χ0) is 12.8. The van der Waals surface area contributed by atoms with E-state index in [0.717, 1.165) is 17.8 Å². The number of nitrogens with zero attached hydrogens (tertiary/aromatic N) is 3. The summed E-state index contributed by atoms with van der Waals surface area (Å²) in [5.41, 5.74) is 1.78. The molecule has 1 N–H and O–H groups in total. The lowest BCUT2D eigenvalue weighted by atomic mass is 9.94. The first-order valence-electron chi connectivity index (χ1n) is 6.18. The summed E-state index contributed by atoms with van der Waals surface area (Å²) >= 11 is 0. The van der Waals surface area contributed by atoms with Crippen LogP contribution >= 0.6 is 0 Å². The smallest absolute Gasteiger partial charge is 0.0921 e. The summed E-state index contributed by atoms with van der Waals surface area (Å²) in [6, 6.07) is 9.89. The van der Waals surface area contributed by atoms with Crippen molar-refractivity contribution in [3.63, 3.8) is 0 Å². The van der Waals surface area contributed by atoms with Crippen LogP contribution in [-0.4, -0.2) is 26.7 Å². The van der Waals surface area contributed by atoms with E-state index < -0.39 is 0 Å². The van der Waals surface area contributed by atoms with Gasteiger partial charge in [-0.1, -0.05) is 37.3 Å². The second-order valence-electron chi connectivity index (χ2n) is 5.68. The second kappa shape index (κ2) is 3.65. The molecule has 2 aromatic rings. The van der Waals surface area contributed by atoms with E-state index in [4.69, 9.17) is 0 Å². The van der Waals surface area contributed by atoms with Gasteiger partial charge in [0.25, 0.3) is 0 Å². The SMILES string of the molecule is CC1(C)CC1(CO)c1cn(-c2ccccc2)nn1. The van der Waals surface area contributed by atoms with Crippen molar-refractivity contribution in [2.75, 3.05) is 6.61 Å². The average Bonchev–Trinajstić information content (AvgIpc) is 2.78. The number of benzene rings is 1. The molecule has 1 aliphatic rings. The fraction of sp³-hybridized carbons (Fsp3) is 0.429. The third-order valence-electron chi connectivity index (χ3n) is 4.19. The largest absolute Gasteiger partial charge is 0.395 e. The minimum Gasteiger partial charge on any atom is -0.395 e. The van der Waals surface area contributed by atoms with Crippen LogP contribution in [0.25, 0.3) is 5.69 Å². The van der Waals surface area contributed by atoms with Crippen LogP contribution in [-0.2, 0) is 5.41 Å². The minimum absolute atomic E-state index is 0.110. The summed E-state index contributed by atoms with van der Waals surface area (Å²) in [6.45, 7) is 4.45. The number of aromatic nitrogens is 3. The first kappa shape index (κ1) is 11.4. The van der Waals surface area contributed by atoms with Crippen molar-refractivity contribution in [2.45, 2.75) is 25.7 Å². The highest BCUT2D eigenvalue weighted by atomic mass is 16.3. The molecule has 1 saturated carbocycles. The van der Waals surface area contributed by atoms with E-state index in [0.29, 0.717) is 0 Å². The number of hydrogen-bond acceptors (Lipinski definition) is 3. The van der Waals surface area contributed by atoms with Gasteiger partial charge in [-0.2, -0.15) is 0 Å². The van der Waals surface area contributed by atoms with Gasteiger partial charge in [0.2, 0.25) is 0 Å². The Morgan fingerprint density at radius 1 is 1.28 bits per heavy atom. The van der Waals surface area contributed by atoms with Crippen molar-refractivity contribution in [3.8, 4) is 5.69 Å². The summed E-state index contributed by atoms with van der Waals surface area (Å²) in [5, 5.41) is 18.1. The molecule has 0 spiro atoms. The van der Waals surface area contributed by atoms with Gasteiger partial charge >= 0.3 is 0 Å². The van der Waals surface area contributed by atoms with Gasteiger partial charge in [-0.05, 0) is 24.0 Å². The van der Waals surface area contributed by atoms with E-state index in [-0.39, 0.29) is 17.4 Å². The Morgan fingerprint density at radius 2 is 1.94 bits per heavy atom. The molecule has 1 heterocycles. The van der Waals surface area contributed by atoms with Gasteiger partial charge in [-0.25, -0.2) is 4.68 Å². The average molecular weight is 243 g/mol. The van der Waals surface area contributed by atoms with Crippen LogP contribution in [0.15, 0.2) is 36.5 Å². The molecule has 94 valence electrons. The molecule has 18 heavy (non-hydrogen) atoms. The van der Waals surface area contributed by atoms with Crippen LogP contribution in [0.2, 0.25) is 0 Å². The highest BCUT2D eigenvalue weighted by Gasteiger charge is 2.63. The lowest BCUT2D eigenvalue weighted by Gasteiger charge is -2.13. The Hall–Kier alpha value is -1.68. The molecule has 4 heteroatoms. The lowest BCUT2D eigenvalue weighted by molar-refractivity contribution is 0.228. The van der Waals surface area contributed by atoms with Crippen molar-refractivity contribution >= 4 is 0 Å². The molecular formula is C14H17N3O. The van der Waals surface area contributed by atoms with E-state index in [1.165, 1.54) is 0 Å². The molecule has 0 radical (unpaired) electrons. The van der Waals surface area contributed by atoms with Crippen LogP contribution in [0.4, 0.5) is 0 Å². The van der Waals surface area contributed by atoms with Crippen LogP contribution in [0.3, 0.4) is 0 Å². The molecule has 1 unspecified atom stereocenters. The summed E-state index contributed by atoms with van der Waals surface area (Å²) in [4.78, 5) is 0. The predicted molar refractivity (Wildman–Crippen MR) is 68.5 cm³/mol. The predicted octanol–water partition coefficient (Wildman–Crippen LogP) is 1.93. The Kier molecular flexibility index (Phi) is 2.32. The van der Waals surface area contributed by atoms with Crippen molar-refractivity contribution in [1.82, 2.24) is 15.0 Å². The van der Waals surface area contributed by atoms with Gasteiger partial charge in [-0.3, -0.25) is 0 Å². The van der Waals surface area contributed by atoms with Gasteiger partial charge in [-0.15, -0.1) is 5.10 Å². The fourth-order valence-corrected chi connectivity index (χ4v) is 2.69. The summed E-state index contributed by atoms with van der Waals surface area (Å²) in [7, 11) is 0. The highest BCUT2D eigenvalue weighted by molar-refractivity contribution is 5.34. The fourth-order valence-electron chi connectivity index (χ4n) is 2.69. The summed E-state index contributed by atoms with van der Waals surface area (Å²) in [5.74, 6) is 0. The standard InChI is InChI=1S/C14H17N3O/c1-13(2)9-14(13,10-18)12-8-17(16-15-12)11-6-4-3-5-7-11/h3-8,18H,9-10H2,1-2H3. The maximum atomic E-state index is 9.65. The first-order valence-corrected chi connectivity index (χ1v) is 6.18. The zero-order valence-corrected chi connectivity index (χ0v) is 10.7. The van der Waals surface area contributed by atoms with Crippen molar-refractivity contribution in [1.29, 1.82) is 0 Å². The summed E-state index contributed by atoms with van der Waals surface area (Å²) < 4.78 is 1.77. The minimum atomic E-state index is -0.208. The Bertz CT molecular complexity index is 561. The maximum absolute atomic E-state index is 9.65. The van der Waals surface area contributed by atoms with Crippen molar-refractivity contribution in [2.24, 2.45) is 5.41 Å². The van der Waals surface area contributed by atoms with Crippen molar-refractivity contribution in [3.05, 3.63) is 42.2 Å². The highest BCUT2D eigenvalue weighted by Crippen LogP contribution is 2.63. The maximum Gasteiger partial charge on any atom is 0.0921 e. The van der Waals surface area contributed by atoms with E-state index >= 15 is 0 Å². The summed E-state index contributed by atoms with van der Waals surface area (Å²) in [6.07, 6.45) is 2.89. The normalized spacial score (nSPS) is 25.1. The molecule has 0 saturated heterocycles. The van der Waals surface area contributed by atoms with Gasteiger partial charge in [0.15, 0.2) is 0 Å². The third-order valence-corrected chi connectivity index (χ3v) is 4.19. The van der Waals surface area contributed by atoms with Crippen molar-refractivity contribution < 1.29 is 5.11 Å². The molecule has 1 aromatic heterocycles. The molecule has 1 fully saturated rings. The number of aliphatic hydroxyl groups is 1. The van der Waals surface area contributed by atoms with Gasteiger partial charge in [0.05, 0.1) is 24.2 Å². The van der Waals surface area contributed by atoms with Crippen LogP contribution in [0.1, 0.15) is 26.0 Å². The molecule has 0 amide bonds. The number of hydrogen-bond donors (Lipinski definition) is 1. The quantitative estimate of drug-likeness (QED) is 0.896. The van der Waals surface area contributed by atoms with E-state index in [1.54, 1.807) is 4.68 Å². The van der Waals surface area contributed by atoms with E-state index in [2.05, 4.69) is 24.2 Å². The molecule has 0 aliphatic heterocycles. The molecule has 3 rings (SSSR count). The molecule has 1 aliphatic carbocycles. The zero-order valence-electron chi connectivity index (χ0n) is 10.7. The Morgan fingerprint density at radius 3 is 2.50 bits per heavy atom. The van der Waals surface area contributed by atoms with Crippen LogP contribution in [0, 0.1) is 5.41 Å².